The molecule has 1 aliphatic carbocycles. The third-order valence-electron chi connectivity index (χ3n) is 4.51. The van der Waals surface area contributed by atoms with E-state index in [-0.39, 0.29) is 0 Å². The fourth-order valence-electron chi connectivity index (χ4n) is 3.49. The van der Waals surface area contributed by atoms with E-state index >= 15 is 0 Å². The number of rotatable bonds is 5. The lowest BCUT2D eigenvalue weighted by Crippen LogP contribution is -2.29. The molecule has 18 heavy (non-hydrogen) atoms. The van der Waals surface area contributed by atoms with Crippen LogP contribution in [0.4, 0.5) is 0 Å². The molecule has 0 atom stereocenters. The van der Waals surface area contributed by atoms with Gasteiger partial charge in [0, 0.05) is 4.47 Å². The van der Waals surface area contributed by atoms with Crippen LogP contribution in [0.2, 0.25) is 0 Å². The summed E-state index contributed by atoms with van der Waals surface area (Å²) in [5.74, 6) is 0. The molecule has 0 aromatic heterocycles. The smallest absolute Gasteiger partial charge is 0.0212 e. The maximum Gasteiger partial charge on any atom is 0.0212 e. The van der Waals surface area contributed by atoms with Crippen LogP contribution >= 0.6 is 15.9 Å². The van der Waals surface area contributed by atoms with Gasteiger partial charge in [0.05, 0.1) is 0 Å². The summed E-state index contributed by atoms with van der Waals surface area (Å²) >= 11 is 3.78. The largest absolute Gasteiger partial charge is 0.0654 e. The second kappa shape index (κ2) is 6.75. The first kappa shape index (κ1) is 14.1. The lowest BCUT2D eigenvalue weighted by Gasteiger charge is -2.39. The monoisotopic (exact) mass is 308 g/mol. The third-order valence-corrected chi connectivity index (χ3v) is 5.21. The quantitative estimate of drug-likeness (QED) is 0.565. The lowest BCUT2D eigenvalue weighted by molar-refractivity contribution is 0.265. The SMILES string of the molecule is CCCCCC1(c2ccccc2Br)CCCCC1. The van der Waals surface area contributed by atoms with Crippen molar-refractivity contribution in [2.24, 2.45) is 0 Å². The van der Waals surface area contributed by atoms with Crippen molar-refractivity contribution in [2.45, 2.75) is 70.1 Å². The van der Waals surface area contributed by atoms with Crippen molar-refractivity contribution >= 4 is 15.9 Å². The Morgan fingerprint density at radius 2 is 1.78 bits per heavy atom. The van der Waals surface area contributed by atoms with E-state index in [0.29, 0.717) is 5.41 Å². The number of hydrogen-bond donors (Lipinski definition) is 0. The zero-order chi connectivity index (χ0) is 12.8. The minimum absolute atomic E-state index is 0.466. The van der Waals surface area contributed by atoms with E-state index in [1.54, 1.807) is 5.56 Å². The molecule has 1 aliphatic rings. The first-order valence-corrected chi connectivity index (χ1v) is 8.33. The Labute approximate surface area is 120 Å². The van der Waals surface area contributed by atoms with Gasteiger partial charge >= 0.3 is 0 Å². The van der Waals surface area contributed by atoms with E-state index in [0.717, 1.165) is 0 Å². The van der Waals surface area contributed by atoms with Crippen molar-refractivity contribution in [3.63, 3.8) is 0 Å². The van der Waals surface area contributed by atoms with Crippen LogP contribution in [0.3, 0.4) is 0 Å². The van der Waals surface area contributed by atoms with Gasteiger partial charge in [0.25, 0.3) is 0 Å². The molecule has 0 N–H and O–H groups in total. The molecule has 0 heterocycles. The Hall–Kier alpha value is -0.300. The van der Waals surface area contributed by atoms with E-state index in [4.69, 9.17) is 0 Å². The summed E-state index contributed by atoms with van der Waals surface area (Å²) in [6.45, 7) is 2.30. The van der Waals surface area contributed by atoms with Crippen molar-refractivity contribution in [2.75, 3.05) is 0 Å². The average molecular weight is 309 g/mol. The molecule has 0 bridgehead atoms. The van der Waals surface area contributed by atoms with E-state index in [2.05, 4.69) is 47.1 Å². The van der Waals surface area contributed by atoms with Crippen LogP contribution in [0.15, 0.2) is 28.7 Å². The van der Waals surface area contributed by atoms with Gasteiger partial charge in [-0.25, -0.2) is 0 Å². The van der Waals surface area contributed by atoms with Crippen LogP contribution in [-0.2, 0) is 5.41 Å². The number of halogens is 1. The van der Waals surface area contributed by atoms with Crippen LogP contribution < -0.4 is 0 Å². The molecular formula is C17H25Br. The number of benzene rings is 1. The predicted octanol–water partition coefficient (Wildman–Crippen LogP) is 6.23. The summed E-state index contributed by atoms with van der Waals surface area (Å²) in [4.78, 5) is 0. The van der Waals surface area contributed by atoms with Crippen LogP contribution in [0.25, 0.3) is 0 Å². The first-order chi connectivity index (χ1) is 8.78. The van der Waals surface area contributed by atoms with E-state index < -0.39 is 0 Å². The first-order valence-electron chi connectivity index (χ1n) is 7.53. The summed E-state index contributed by atoms with van der Waals surface area (Å²) in [5, 5.41) is 0. The Morgan fingerprint density at radius 1 is 1.06 bits per heavy atom. The Balaban J connectivity index is 2.21. The van der Waals surface area contributed by atoms with Crippen LogP contribution in [0, 0.1) is 0 Å². The highest BCUT2D eigenvalue weighted by molar-refractivity contribution is 9.10. The lowest BCUT2D eigenvalue weighted by atomic mass is 9.66. The standard InChI is InChI=1S/C17H25Br/c1-2-3-7-12-17(13-8-4-9-14-17)15-10-5-6-11-16(15)18/h5-6,10-11H,2-4,7-9,12-14H2,1H3. The molecule has 100 valence electrons. The topological polar surface area (TPSA) is 0 Å². The van der Waals surface area contributed by atoms with Crippen molar-refractivity contribution in [3.05, 3.63) is 34.3 Å². The molecule has 0 unspecified atom stereocenters. The average Bonchev–Trinajstić information content (AvgIpc) is 2.40. The van der Waals surface area contributed by atoms with Gasteiger partial charge in [-0.3, -0.25) is 0 Å². The molecule has 0 aliphatic heterocycles. The highest BCUT2D eigenvalue weighted by atomic mass is 79.9. The third kappa shape index (κ3) is 3.17. The minimum atomic E-state index is 0.466. The van der Waals surface area contributed by atoms with Crippen LogP contribution in [-0.4, -0.2) is 0 Å². The van der Waals surface area contributed by atoms with E-state index in [1.165, 1.54) is 62.3 Å². The van der Waals surface area contributed by atoms with Gasteiger partial charge in [-0.1, -0.05) is 79.6 Å². The predicted molar refractivity (Wildman–Crippen MR) is 83.0 cm³/mol. The molecule has 0 radical (unpaired) electrons. The van der Waals surface area contributed by atoms with Gasteiger partial charge < -0.3 is 0 Å². The molecule has 1 aromatic carbocycles. The van der Waals surface area contributed by atoms with Gasteiger partial charge in [0.2, 0.25) is 0 Å². The van der Waals surface area contributed by atoms with Gasteiger partial charge in [0.1, 0.15) is 0 Å². The minimum Gasteiger partial charge on any atom is -0.0654 e. The Morgan fingerprint density at radius 3 is 2.44 bits per heavy atom. The molecule has 1 heteroatoms. The highest BCUT2D eigenvalue weighted by Gasteiger charge is 2.34. The number of unbranched alkanes of at least 4 members (excludes halogenated alkanes) is 2. The van der Waals surface area contributed by atoms with Gasteiger partial charge in [0.15, 0.2) is 0 Å². The Kier molecular flexibility index (Phi) is 5.29. The van der Waals surface area contributed by atoms with E-state index in [9.17, 15) is 0 Å². The summed E-state index contributed by atoms with van der Waals surface area (Å²) in [6, 6.07) is 8.90. The van der Waals surface area contributed by atoms with Gasteiger partial charge in [-0.2, -0.15) is 0 Å². The zero-order valence-electron chi connectivity index (χ0n) is 11.6. The summed E-state index contributed by atoms with van der Waals surface area (Å²) in [7, 11) is 0. The summed E-state index contributed by atoms with van der Waals surface area (Å²) in [5.41, 5.74) is 2.04. The van der Waals surface area contributed by atoms with Gasteiger partial charge in [-0.15, -0.1) is 0 Å². The molecule has 0 saturated heterocycles. The molecule has 2 rings (SSSR count). The van der Waals surface area contributed by atoms with Crippen LogP contribution in [0.1, 0.15) is 70.3 Å². The van der Waals surface area contributed by atoms with Crippen LogP contribution in [0.5, 0.6) is 0 Å². The maximum absolute atomic E-state index is 3.78. The highest BCUT2D eigenvalue weighted by Crippen LogP contribution is 2.45. The van der Waals surface area contributed by atoms with Crippen molar-refractivity contribution in [3.8, 4) is 0 Å². The molecule has 0 amide bonds. The summed E-state index contributed by atoms with van der Waals surface area (Å²) < 4.78 is 1.32. The molecule has 1 aromatic rings. The summed E-state index contributed by atoms with van der Waals surface area (Å²) in [6.07, 6.45) is 12.5. The number of hydrogen-bond acceptors (Lipinski definition) is 0. The fourth-order valence-corrected chi connectivity index (χ4v) is 4.19. The molecular weight excluding hydrogens is 284 g/mol. The van der Waals surface area contributed by atoms with Crippen molar-refractivity contribution in [1.82, 2.24) is 0 Å². The van der Waals surface area contributed by atoms with Crippen molar-refractivity contribution < 1.29 is 0 Å². The van der Waals surface area contributed by atoms with Crippen molar-refractivity contribution in [1.29, 1.82) is 0 Å². The normalized spacial score (nSPS) is 18.8. The van der Waals surface area contributed by atoms with E-state index in [1.807, 2.05) is 0 Å². The molecule has 0 spiro atoms. The molecule has 1 saturated carbocycles. The maximum atomic E-state index is 3.78. The Bertz CT molecular complexity index is 364. The molecule has 1 fully saturated rings. The second-order valence-electron chi connectivity index (χ2n) is 5.78. The molecule has 0 nitrogen and oxygen atoms in total. The fraction of sp³-hybridized carbons (Fsp3) is 0.647. The second-order valence-corrected chi connectivity index (χ2v) is 6.63. The van der Waals surface area contributed by atoms with Gasteiger partial charge in [-0.05, 0) is 36.3 Å². The zero-order valence-corrected chi connectivity index (χ0v) is 13.1.